The molecule has 2 heterocycles. The van der Waals surface area contributed by atoms with Crippen LogP contribution >= 0.6 is 0 Å². The number of nitro benzene ring substituents is 1. The lowest BCUT2D eigenvalue weighted by Crippen LogP contribution is -2.36. The zero-order valence-electron chi connectivity index (χ0n) is 11.7. The van der Waals surface area contributed by atoms with E-state index in [1.54, 1.807) is 36.0 Å². The summed E-state index contributed by atoms with van der Waals surface area (Å²) in [6.07, 6.45) is 5.17. The molecule has 0 fully saturated rings. The average molecular weight is 298 g/mol. The van der Waals surface area contributed by atoms with Gasteiger partial charge in [-0.2, -0.15) is 5.10 Å². The molecule has 112 valence electrons. The predicted octanol–water partition coefficient (Wildman–Crippen LogP) is 1.72. The second-order valence-corrected chi connectivity index (χ2v) is 4.71. The first-order valence-corrected chi connectivity index (χ1v) is 6.67. The average Bonchev–Trinajstić information content (AvgIpc) is 3.03. The third-order valence-corrected chi connectivity index (χ3v) is 3.22. The Bertz CT molecular complexity index is 673. The largest absolute Gasteiger partial charge is 0.309 e. The van der Waals surface area contributed by atoms with Crippen LogP contribution in [-0.2, 0) is 6.54 Å². The zero-order chi connectivity index (χ0) is 15.4. The molecule has 1 aliphatic heterocycles. The first-order valence-electron chi connectivity index (χ1n) is 6.67. The molecule has 1 aliphatic rings. The van der Waals surface area contributed by atoms with E-state index in [1.165, 1.54) is 12.1 Å². The molecule has 0 atom stereocenters. The van der Waals surface area contributed by atoms with Gasteiger partial charge >= 0.3 is 0 Å². The molecule has 3 rings (SSSR count). The number of aromatic nitrogens is 1. The number of benzene rings is 1. The standard InChI is InChI=1S/C14H14N6O2/c21-20(22)14-3-1-13(2-4-14)18-10-17-19(11-18)16-9-12-5-7-15-8-6-12/h1-8,10,16H,9,11H2. The number of pyridine rings is 1. The van der Waals surface area contributed by atoms with E-state index in [1.807, 2.05) is 17.0 Å². The number of hydrogen-bond acceptors (Lipinski definition) is 7. The van der Waals surface area contributed by atoms with Gasteiger partial charge in [-0.3, -0.25) is 15.1 Å². The maximum Gasteiger partial charge on any atom is 0.269 e. The number of hydrogen-bond donors (Lipinski definition) is 1. The minimum atomic E-state index is -0.412. The highest BCUT2D eigenvalue weighted by atomic mass is 16.6. The van der Waals surface area contributed by atoms with Gasteiger partial charge in [-0.1, -0.05) is 0 Å². The Kier molecular flexibility index (Phi) is 3.92. The highest BCUT2D eigenvalue weighted by molar-refractivity contribution is 5.80. The third-order valence-electron chi connectivity index (χ3n) is 3.22. The van der Waals surface area contributed by atoms with Gasteiger partial charge in [0, 0.05) is 36.8 Å². The van der Waals surface area contributed by atoms with Crippen molar-refractivity contribution < 1.29 is 4.92 Å². The SMILES string of the molecule is O=[N+]([O-])c1ccc(N2C=NN(NCc3ccncc3)C2)cc1. The Hall–Kier alpha value is -3.00. The number of nitro groups is 1. The van der Waals surface area contributed by atoms with Crippen LogP contribution < -0.4 is 10.3 Å². The lowest BCUT2D eigenvalue weighted by molar-refractivity contribution is -0.384. The number of anilines is 1. The highest BCUT2D eigenvalue weighted by Gasteiger charge is 2.16. The van der Waals surface area contributed by atoms with Crippen molar-refractivity contribution in [2.75, 3.05) is 11.6 Å². The van der Waals surface area contributed by atoms with Crippen molar-refractivity contribution in [2.24, 2.45) is 5.10 Å². The monoisotopic (exact) mass is 298 g/mol. The van der Waals surface area contributed by atoms with Gasteiger partial charge in [0.2, 0.25) is 0 Å². The molecule has 2 aromatic rings. The Balaban J connectivity index is 1.56. The van der Waals surface area contributed by atoms with Crippen molar-refractivity contribution in [3.8, 4) is 0 Å². The molecule has 8 nitrogen and oxygen atoms in total. The van der Waals surface area contributed by atoms with Crippen LogP contribution in [0.25, 0.3) is 0 Å². The van der Waals surface area contributed by atoms with Gasteiger partial charge in [0.05, 0.1) is 4.92 Å². The molecule has 0 saturated heterocycles. The van der Waals surface area contributed by atoms with Gasteiger partial charge < -0.3 is 4.90 Å². The normalized spacial score (nSPS) is 13.6. The maximum atomic E-state index is 10.6. The van der Waals surface area contributed by atoms with Crippen LogP contribution in [0.4, 0.5) is 11.4 Å². The molecule has 8 heteroatoms. The first kappa shape index (κ1) is 14.0. The number of rotatable bonds is 5. The van der Waals surface area contributed by atoms with Crippen LogP contribution in [0.15, 0.2) is 53.9 Å². The molecule has 1 N–H and O–H groups in total. The molecule has 1 aromatic carbocycles. The van der Waals surface area contributed by atoms with Gasteiger partial charge in [0.1, 0.15) is 13.0 Å². The molecule has 0 spiro atoms. The second kappa shape index (κ2) is 6.19. The molecular weight excluding hydrogens is 284 g/mol. The molecule has 0 bridgehead atoms. The Morgan fingerprint density at radius 2 is 1.91 bits per heavy atom. The summed E-state index contributed by atoms with van der Waals surface area (Å²) in [6, 6.07) is 10.2. The van der Waals surface area contributed by atoms with Gasteiger partial charge in [-0.15, -0.1) is 0 Å². The third kappa shape index (κ3) is 3.18. The molecule has 0 aliphatic carbocycles. The van der Waals surface area contributed by atoms with Gasteiger partial charge in [-0.05, 0) is 29.8 Å². The number of hydrazone groups is 1. The lowest BCUT2D eigenvalue weighted by atomic mass is 10.3. The molecule has 0 saturated carbocycles. The fraction of sp³-hybridized carbons (Fsp3) is 0.143. The van der Waals surface area contributed by atoms with Gasteiger partial charge in [0.15, 0.2) is 0 Å². The summed E-state index contributed by atoms with van der Waals surface area (Å²) in [5.74, 6) is 0. The van der Waals surface area contributed by atoms with E-state index >= 15 is 0 Å². The number of nitrogens with one attached hydrogen (secondary N) is 1. The van der Waals surface area contributed by atoms with E-state index in [9.17, 15) is 10.1 Å². The topological polar surface area (TPSA) is 86.9 Å². The number of hydrazine groups is 1. The summed E-state index contributed by atoms with van der Waals surface area (Å²) in [7, 11) is 0. The summed E-state index contributed by atoms with van der Waals surface area (Å²) in [4.78, 5) is 16.1. The summed E-state index contributed by atoms with van der Waals surface area (Å²) in [5.41, 5.74) is 5.22. The van der Waals surface area contributed by atoms with E-state index in [4.69, 9.17) is 0 Å². The summed E-state index contributed by atoms with van der Waals surface area (Å²) in [5, 5.41) is 16.6. The van der Waals surface area contributed by atoms with Crippen LogP contribution in [0, 0.1) is 10.1 Å². The van der Waals surface area contributed by atoms with E-state index < -0.39 is 4.92 Å². The van der Waals surface area contributed by atoms with E-state index in [2.05, 4.69) is 15.5 Å². The fourth-order valence-corrected chi connectivity index (χ4v) is 2.03. The molecule has 0 radical (unpaired) electrons. The lowest BCUT2D eigenvalue weighted by Gasteiger charge is -2.19. The predicted molar refractivity (Wildman–Crippen MR) is 81.9 cm³/mol. The Morgan fingerprint density at radius 1 is 1.18 bits per heavy atom. The molecule has 0 amide bonds. The van der Waals surface area contributed by atoms with Crippen molar-refractivity contribution in [2.45, 2.75) is 6.54 Å². The van der Waals surface area contributed by atoms with Crippen molar-refractivity contribution in [1.82, 2.24) is 15.5 Å². The van der Waals surface area contributed by atoms with E-state index in [0.29, 0.717) is 13.2 Å². The maximum absolute atomic E-state index is 10.6. The van der Waals surface area contributed by atoms with Crippen LogP contribution in [0.1, 0.15) is 5.56 Å². The smallest absolute Gasteiger partial charge is 0.269 e. The Labute approximate surface area is 126 Å². The minimum absolute atomic E-state index is 0.0764. The highest BCUT2D eigenvalue weighted by Crippen LogP contribution is 2.20. The summed E-state index contributed by atoms with van der Waals surface area (Å²) >= 11 is 0. The fourth-order valence-electron chi connectivity index (χ4n) is 2.03. The number of nitrogens with zero attached hydrogens (tertiary/aromatic N) is 5. The Morgan fingerprint density at radius 3 is 2.59 bits per heavy atom. The summed E-state index contributed by atoms with van der Waals surface area (Å²) < 4.78 is 0. The zero-order valence-corrected chi connectivity index (χ0v) is 11.7. The van der Waals surface area contributed by atoms with Crippen LogP contribution in [0.3, 0.4) is 0 Å². The number of non-ortho nitro benzene ring substituents is 1. The van der Waals surface area contributed by atoms with Crippen molar-refractivity contribution in [1.29, 1.82) is 0 Å². The second-order valence-electron chi connectivity index (χ2n) is 4.71. The minimum Gasteiger partial charge on any atom is -0.309 e. The quantitative estimate of drug-likeness (QED) is 0.668. The molecular formula is C14H14N6O2. The molecule has 1 aromatic heterocycles. The van der Waals surface area contributed by atoms with Crippen LogP contribution in [-0.4, -0.2) is 28.0 Å². The van der Waals surface area contributed by atoms with Crippen molar-refractivity contribution >= 4 is 17.7 Å². The van der Waals surface area contributed by atoms with Gasteiger partial charge in [0.25, 0.3) is 5.69 Å². The van der Waals surface area contributed by atoms with Crippen LogP contribution in [0.2, 0.25) is 0 Å². The molecule has 0 unspecified atom stereocenters. The van der Waals surface area contributed by atoms with E-state index in [-0.39, 0.29) is 5.69 Å². The molecule has 22 heavy (non-hydrogen) atoms. The van der Waals surface area contributed by atoms with Gasteiger partial charge in [-0.25, -0.2) is 10.5 Å². The first-order chi connectivity index (χ1) is 10.7. The summed E-state index contributed by atoms with van der Waals surface area (Å²) in [6.45, 7) is 1.18. The van der Waals surface area contributed by atoms with Crippen LogP contribution in [0.5, 0.6) is 0 Å². The van der Waals surface area contributed by atoms with Crippen molar-refractivity contribution in [3.05, 3.63) is 64.5 Å². The van der Waals surface area contributed by atoms with E-state index in [0.717, 1.165) is 11.3 Å². The van der Waals surface area contributed by atoms with Crippen molar-refractivity contribution in [3.63, 3.8) is 0 Å².